The van der Waals surface area contributed by atoms with Gasteiger partial charge in [-0.25, -0.2) is 0 Å². The number of rotatable bonds is 3. The van der Waals surface area contributed by atoms with Crippen molar-refractivity contribution < 1.29 is 4.79 Å². The summed E-state index contributed by atoms with van der Waals surface area (Å²) >= 11 is 1.74. The smallest absolute Gasteiger partial charge is 0.254 e. The van der Waals surface area contributed by atoms with Gasteiger partial charge in [0.25, 0.3) is 5.91 Å². The fraction of sp³-hybridized carbons (Fsp3) is 0.250. The Bertz CT molecular complexity index is 837. The average molecular weight is 336 g/mol. The molecule has 0 N–H and O–H groups in total. The van der Waals surface area contributed by atoms with Gasteiger partial charge in [-0.05, 0) is 61.0 Å². The van der Waals surface area contributed by atoms with Crippen molar-refractivity contribution in [3.63, 3.8) is 0 Å². The molecule has 4 heteroatoms. The van der Waals surface area contributed by atoms with Crippen molar-refractivity contribution in [1.29, 1.82) is 0 Å². The number of likely N-dealkylation sites (tertiary alicyclic amines) is 1. The van der Waals surface area contributed by atoms with Gasteiger partial charge >= 0.3 is 0 Å². The van der Waals surface area contributed by atoms with Crippen LogP contribution in [-0.2, 0) is 0 Å². The lowest BCUT2D eigenvalue weighted by Crippen LogP contribution is -2.30. The summed E-state index contributed by atoms with van der Waals surface area (Å²) in [7, 11) is 0. The first-order chi connectivity index (χ1) is 11.7. The monoisotopic (exact) mass is 336 g/mol. The maximum atomic E-state index is 13.1. The number of carbonyl (C=O) groups excluding carboxylic acids is 1. The molecule has 0 aliphatic carbocycles. The highest BCUT2D eigenvalue weighted by atomic mass is 32.1. The summed E-state index contributed by atoms with van der Waals surface area (Å²) < 4.78 is 2.06. The summed E-state index contributed by atoms with van der Waals surface area (Å²) in [4.78, 5) is 16.4. The summed E-state index contributed by atoms with van der Waals surface area (Å²) in [6, 6.07) is 14.4. The third-order valence-corrected chi connectivity index (χ3v) is 5.70. The number of aromatic nitrogens is 1. The van der Waals surface area contributed by atoms with Crippen molar-refractivity contribution in [1.82, 2.24) is 9.47 Å². The maximum absolute atomic E-state index is 13.1. The van der Waals surface area contributed by atoms with E-state index in [2.05, 4.69) is 29.0 Å². The number of aryl methyl sites for hydroxylation is 1. The van der Waals surface area contributed by atoms with E-state index in [9.17, 15) is 4.79 Å². The molecule has 1 aromatic carbocycles. The summed E-state index contributed by atoms with van der Waals surface area (Å²) in [5, 5.41) is 2.09. The average Bonchev–Trinajstić information content (AvgIpc) is 3.34. The standard InChI is InChI=1S/C20H20N2OS/c1-15-8-9-16(14-18(15)21-10-2-3-11-21)20(23)22-12-4-6-17(22)19-7-5-13-24-19/h2-3,5,7-11,13-14,17H,4,6,12H2,1H3. The highest BCUT2D eigenvalue weighted by Crippen LogP contribution is 2.35. The van der Waals surface area contributed by atoms with Crippen LogP contribution in [0.1, 0.15) is 39.7 Å². The number of amides is 1. The van der Waals surface area contributed by atoms with Crippen LogP contribution >= 0.6 is 11.3 Å². The van der Waals surface area contributed by atoms with Crippen LogP contribution < -0.4 is 0 Å². The Balaban J connectivity index is 1.66. The predicted molar refractivity (Wildman–Crippen MR) is 97.8 cm³/mol. The molecule has 4 rings (SSSR count). The summed E-state index contributed by atoms with van der Waals surface area (Å²) in [6.45, 7) is 2.92. The Morgan fingerprint density at radius 1 is 1.17 bits per heavy atom. The number of benzene rings is 1. The first kappa shape index (κ1) is 15.2. The van der Waals surface area contributed by atoms with Crippen LogP contribution in [0.15, 0.2) is 60.2 Å². The number of carbonyl (C=O) groups is 1. The topological polar surface area (TPSA) is 25.2 Å². The molecule has 1 amide bonds. The van der Waals surface area contributed by atoms with E-state index in [0.717, 1.165) is 30.6 Å². The first-order valence-electron chi connectivity index (χ1n) is 8.32. The van der Waals surface area contributed by atoms with Gasteiger partial charge in [0.15, 0.2) is 0 Å². The molecule has 122 valence electrons. The Morgan fingerprint density at radius 3 is 2.75 bits per heavy atom. The Morgan fingerprint density at radius 2 is 2.00 bits per heavy atom. The van der Waals surface area contributed by atoms with Gasteiger partial charge in [0.05, 0.1) is 6.04 Å². The van der Waals surface area contributed by atoms with E-state index >= 15 is 0 Å². The molecule has 1 atom stereocenters. The van der Waals surface area contributed by atoms with E-state index in [1.54, 1.807) is 11.3 Å². The van der Waals surface area contributed by atoms with E-state index in [1.807, 2.05) is 47.6 Å². The van der Waals surface area contributed by atoms with Crippen molar-refractivity contribution in [3.8, 4) is 5.69 Å². The second-order valence-electron chi connectivity index (χ2n) is 6.26. The molecular formula is C20H20N2OS. The minimum absolute atomic E-state index is 0.138. The molecule has 1 saturated heterocycles. The second kappa shape index (κ2) is 6.29. The number of hydrogen-bond acceptors (Lipinski definition) is 2. The van der Waals surface area contributed by atoms with Crippen molar-refractivity contribution in [2.45, 2.75) is 25.8 Å². The SMILES string of the molecule is Cc1ccc(C(=O)N2CCCC2c2cccs2)cc1-n1cccc1. The van der Waals surface area contributed by atoms with E-state index in [1.165, 1.54) is 10.4 Å². The molecule has 1 aliphatic rings. The van der Waals surface area contributed by atoms with Crippen molar-refractivity contribution in [2.24, 2.45) is 0 Å². The first-order valence-corrected chi connectivity index (χ1v) is 9.20. The molecule has 0 spiro atoms. The molecule has 3 heterocycles. The maximum Gasteiger partial charge on any atom is 0.254 e. The van der Waals surface area contributed by atoms with Gasteiger partial charge < -0.3 is 9.47 Å². The zero-order valence-electron chi connectivity index (χ0n) is 13.7. The van der Waals surface area contributed by atoms with Gasteiger partial charge in [0.2, 0.25) is 0 Å². The fourth-order valence-electron chi connectivity index (χ4n) is 3.47. The lowest BCUT2D eigenvalue weighted by atomic mass is 10.1. The normalized spacial score (nSPS) is 17.4. The number of hydrogen-bond donors (Lipinski definition) is 0. The van der Waals surface area contributed by atoms with Crippen LogP contribution in [0.3, 0.4) is 0 Å². The van der Waals surface area contributed by atoms with E-state index in [0.29, 0.717) is 0 Å². The van der Waals surface area contributed by atoms with E-state index in [4.69, 9.17) is 0 Å². The molecule has 0 saturated carbocycles. The molecule has 3 aromatic rings. The van der Waals surface area contributed by atoms with E-state index < -0.39 is 0 Å². The Labute approximate surface area is 146 Å². The van der Waals surface area contributed by atoms with Crippen LogP contribution in [0.5, 0.6) is 0 Å². The number of thiophene rings is 1. The minimum Gasteiger partial charge on any atom is -0.331 e. The third-order valence-electron chi connectivity index (χ3n) is 4.72. The minimum atomic E-state index is 0.138. The van der Waals surface area contributed by atoms with Gasteiger partial charge in [0.1, 0.15) is 0 Å². The van der Waals surface area contributed by atoms with Gasteiger partial charge in [-0.3, -0.25) is 4.79 Å². The fourth-order valence-corrected chi connectivity index (χ4v) is 4.34. The van der Waals surface area contributed by atoms with Crippen molar-refractivity contribution in [2.75, 3.05) is 6.54 Å². The molecule has 2 aromatic heterocycles. The largest absolute Gasteiger partial charge is 0.331 e. The van der Waals surface area contributed by atoms with E-state index in [-0.39, 0.29) is 11.9 Å². The molecule has 3 nitrogen and oxygen atoms in total. The van der Waals surface area contributed by atoms with Gasteiger partial charge in [-0.1, -0.05) is 12.1 Å². The lowest BCUT2D eigenvalue weighted by Gasteiger charge is -2.24. The molecule has 1 aliphatic heterocycles. The number of nitrogens with zero attached hydrogens (tertiary/aromatic N) is 2. The Hall–Kier alpha value is -2.33. The zero-order chi connectivity index (χ0) is 16.5. The van der Waals surface area contributed by atoms with Crippen LogP contribution in [0.4, 0.5) is 0 Å². The lowest BCUT2D eigenvalue weighted by molar-refractivity contribution is 0.0738. The molecule has 1 unspecified atom stereocenters. The Kier molecular flexibility index (Phi) is 3.98. The molecule has 1 fully saturated rings. The van der Waals surface area contributed by atoms with Gasteiger partial charge in [-0.2, -0.15) is 0 Å². The molecule has 0 bridgehead atoms. The second-order valence-corrected chi connectivity index (χ2v) is 7.24. The van der Waals surface area contributed by atoms with Crippen LogP contribution in [0.2, 0.25) is 0 Å². The summed E-state index contributed by atoms with van der Waals surface area (Å²) in [6.07, 6.45) is 6.16. The highest BCUT2D eigenvalue weighted by molar-refractivity contribution is 7.10. The molecule has 0 radical (unpaired) electrons. The third kappa shape index (κ3) is 2.67. The highest BCUT2D eigenvalue weighted by Gasteiger charge is 2.31. The molecule has 24 heavy (non-hydrogen) atoms. The quantitative estimate of drug-likeness (QED) is 0.673. The predicted octanol–water partition coefficient (Wildman–Crippen LogP) is 4.82. The van der Waals surface area contributed by atoms with Gasteiger partial charge in [0, 0.05) is 35.1 Å². The van der Waals surface area contributed by atoms with Crippen molar-refractivity contribution in [3.05, 3.63) is 76.2 Å². The van der Waals surface area contributed by atoms with Gasteiger partial charge in [-0.15, -0.1) is 11.3 Å². The molecular weight excluding hydrogens is 316 g/mol. The van der Waals surface area contributed by atoms with Crippen LogP contribution in [-0.4, -0.2) is 21.9 Å². The van der Waals surface area contributed by atoms with Crippen molar-refractivity contribution >= 4 is 17.2 Å². The van der Waals surface area contributed by atoms with Crippen LogP contribution in [0.25, 0.3) is 5.69 Å². The zero-order valence-corrected chi connectivity index (χ0v) is 14.5. The van der Waals surface area contributed by atoms with Crippen LogP contribution in [0, 0.1) is 6.92 Å². The summed E-state index contributed by atoms with van der Waals surface area (Å²) in [5.74, 6) is 0.138. The summed E-state index contributed by atoms with van der Waals surface area (Å²) in [5.41, 5.74) is 3.00.